The molecule has 0 saturated heterocycles. The molecule has 3 aromatic rings. The van der Waals surface area contributed by atoms with Crippen molar-refractivity contribution >= 4 is 33.9 Å². The molecule has 140 valence electrons. The summed E-state index contributed by atoms with van der Waals surface area (Å²) >= 11 is 3.30. The fraction of sp³-hybridized carbons (Fsp3) is 0.200. The number of aromatic hydroxyl groups is 1. The molecule has 0 aliphatic carbocycles. The molecule has 1 amide bonds. The largest absolute Gasteiger partial charge is 0.507 e. The first-order valence-electron chi connectivity index (χ1n) is 7.86. The maximum Gasteiger partial charge on any atom is 0.293 e. The Morgan fingerprint density at radius 2 is 2.30 bits per heavy atom. The van der Waals surface area contributed by atoms with Crippen molar-refractivity contribution in [3.05, 3.63) is 39.6 Å². The molecule has 0 unspecified atom stereocenters. The highest BCUT2D eigenvalue weighted by atomic mass is 79.9. The van der Waals surface area contributed by atoms with Crippen molar-refractivity contribution in [3.8, 4) is 11.6 Å². The van der Waals surface area contributed by atoms with Crippen LogP contribution in [0.2, 0.25) is 0 Å². The van der Waals surface area contributed by atoms with Gasteiger partial charge in [-0.25, -0.2) is 10.1 Å². The number of nitrogens with one attached hydrogen (secondary N) is 1. The van der Waals surface area contributed by atoms with Crippen LogP contribution in [0.4, 0.5) is 5.82 Å². The zero-order chi connectivity index (χ0) is 19.4. The molecule has 0 saturated carbocycles. The third-order valence-electron chi connectivity index (χ3n) is 3.52. The predicted octanol–water partition coefficient (Wildman–Crippen LogP) is 1.42. The van der Waals surface area contributed by atoms with Crippen LogP contribution in [-0.2, 0) is 6.42 Å². The van der Waals surface area contributed by atoms with Crippen molar-refractivity contribution in [2.75, 3.05) is 5.73 Å². The van der Waals surface area contributed by atoms with E-state index < -0.39 is 5.91 Å². The number of nitrogens with zero attached hydrogens (tertiary/aromatic N) is 6. The van der Waals surface area contributed by atoms with Gasteiger partial charge in [0.05, 0.1) is 11.9 Å². The van der Waals surface area contributed by atoms with Gasteiger partial charge in [0.15, 0.2) is 5.69 Å². The molecule has 0 bridgehead atoms. The van der Waals surface area contributed by atoms with Gasteiger partial charge >= 0.3 is 0 Å². The maximum atomic E-state index is 12.4. The number of halogens is 1. The number of carbonyl (C=O) groups excluding carboxylic acids is 1. The molecule has 27 heavy (non-hydrogen) atoms. The summed E-state index contributed by atoms with van der Waals surface area (Å²) in [5, 5.41) is 28.6. The lowest BCUT2D eigenvalue weighted by molar-refractivity contribution is 0.0949. The summed E-state index contributed by atoms with van der Waals surface area (Å²) in [7, 11) is 0. The summed E-state index contributed by atoms with van der Waals surface area (Å²) in [6, 6.07) is 4.85. The van der Waals surface area contributed by atoms with Crippen LogP contribution >= 0.6 is 15.9 Å². The van der Waals surface area contributed by atoms with Crippen molar-refractivity contribution in [2.45, 2.75) is 19.8 Å². The quantitative estimate of drug-likeness (QED) is 0.388. The molecule has 0 fully saturated rings. The van der Waals surface area contributed by atoms with Crippen LogP contribution in [-0.4, -0.2) is 42.5 Å². The normalized spacial score (nSPS) is 11.2. The molecule has 0 atom stereocenters. The average Bonchev–Trinajstić information content (AvgIpc) is 3.24. The number of phenols is 1. The van der Waals surface area contributed by atoms with Crippen LogP contribution in [0.5, 0.6) is 5.75 Å². The Kier molecular flexibility index (Phi) is 5.45. The van der Waals surface area contributed by atoms with E-state index in [1.165, 1.54) is 17.0 Å². The second-order valence-corrected chi connectivity index (χ2v) is 6.34. The number of amides is 1. The van der Waals surface area contributed by atoms with Crippen LogP contribution in [0.1, 0.15) is 35.1 Å². The molecule has 3 rings (SSSR count). The molecular weight excluding hydrogens is 420 g/mol. The Hall–Kier alpha value is -3.28. The number of phenolic OH excluding ortho intramolecular Hbond substituents is 1. The van der Waals surface area contributed by atoms with Crippen LogP contribution in [0.15, 0.2) is 32.4 Å². The lowest BCUT2D eigenvalue weighted by Gasteiger charge is -2.03. The van der Waals surface area contributed by atoms with E-state index >= 15 is 0 Å². The Labute approximate surface area is 161 Å². The molecule has 0 aliphatic heterocycles. The smallest absolute Gasteiger partial charge is 0.293 e. The van der Waals surface area contributed by atoms with Gasteiger partial charge in [0.1, 0.15) is 5.75 Å². The topological polar surface area (TPSA) is 157 Å². The first-order valence-corrected chi connectivity index (χ1v) is 8.65. The minimum absolute atomic E-state index is 0.0304. The fourth-order valence-electron chi connectivity index (χ4n) is 2.29. The Balaban J connectivity index is 1.82. The van der Waals surface area contributed by atoms with Gasteiger partial charge in [0, 0.05) is 10.0 Å². The molecular formula is C15H15BrN8O3. The van der Waals surface area contributed by atoms with Crippen molar-refractivity contribution in [3.63, 3.8) is 0 Å². The molecule has 11 nitrogen and oxygen atoms in total. The van der Waals surface area contributed by atoms with Crippen LogP contribution in [0.3, 0.4) is 0 Å². The average molecular weight is 435 g/mol. The Bertz CT molecular complexity index is 997. The molecule has 2 heterocycles. The molecule has 1 aromatic carbocycles. The van der Waals surface area contributed by atoms with E-state index in [-0.39, 0.29) is 23.1 Å². The van der Waals surface area contributed by atoms with Gasteiger partial charge in [-0.15, -0.1) is 5.10 Å². The first-order chi connectivity index (χ1) is 13.0. The van der Waals surface area contributed by atoms with Crippen LogP contribution in [0, 0.1) is 0 Å². The number of carbonyl (C=O) groups is 1. The van der Waals surface area contributed by atoms with E-state index in [0.29, 0.717) is 17.7 Å². The number of nitrogens with two attached hydrogens (primary N) is 1. The number of hydrogen-bond acceptors (Lipinski definition) is 9. The lowest BCUT2D eigenvalue weighted by Crippen LogP contribution is -2.20. The summed E-state index contributed by atoms with van der Waals surface area (Å²) in [6.45, 7) is 1.94. The summed E-state index contributed by atoms with van der Waals surface area (Å²) in [5.74, 6) is -0.340. The minimum Gasteiger partial charge on any atom is -0.507 e. The van der Waals surface area contributed by atoms with Gasteiger partial charge in [0.25, 0.3) is 5.91 Å². The molecule has 4 N–H and O–H groups in total. The van der Waals surface area contributed by atoms with Crippen molar-refractivity contribution in [1.29, 1.82) is 0 Å². The van der Waals surface area contributed by atoms with Crippen molar-refractivity contribution in [2.24, 2.45) is 5.10 Å². The summed E-state index contributed by atoms with van der Waals surface area (Å²) in [4.78, 5) is 12.4. The lowest BCUT2D eigenvalue weighted by atomic mass is 10.2. The monoisotopic (exact) mass is 434 g/mol. The minimum atomic E-state index is -0.564. The van der Waals surface area contributed by atoms with E-state index in [1.807, 2.05) is 6.92 Å². The number of anilines is 1. The van der Waals surface area contributed by atoms with E-state index in [1.54, 1.807) is 12.1 Å². The fourth-order valence-corrected chi connectivity index (χ4v) is 2.67. The Morgan fingerprint density at radius 3 is 3.00 bits per heavy atom. The predicted molar refractivity (Wildman–Crippen MR) is 98.5 cm³/mol. The molecule has 2 aromatic heterocycles. The van der Waals surface area contributed by atoms with Crippen LogP contribution < -0.4 is 11.2 Å². The van der Waals surface area contributed by atoms with Crippen molar-refractivity contribution < 1.29 is 14.5 Å². The number of hydrazone groups is 1. The second-order valence-electron chi connectivity index (χ2n) is 5.42. The maximum absolute atomic E-state index is 12.4. The number of aromatic nitrogens is 5. The number of nitrogen functional groups attached to an aromatic ring is 1. The second kappa shape index (κ2) is 7.95. The van der Waals surface area contributed by atoms with Gasteiger partial charge in [-0.2, -0.15) is 9.78 Å². The molecule has 0 aliphatic rings. The van der Waals surface area contributed by atoms with E-state index in [9.17, 15) is 9.90 Å². The molecule has 12 heteroatoms. The summed E-state index contributed by atoms with van der Waals surface area (Å²) < 4.78 is 6.65. The van der Waals surface area contributed by atoms with Gasteiger partial charge in [0.2, 0.25) is 11.6 Å². The van der Waals surface area contributed by atoms with Gasteiger partial charge < -0.3 is 10.8 Å². The van der Waals surface area contributed by atoms with Crippen LogP contribution in [0.25, 0.3) is 5.82 Å². The first kappa shape index (κ1) is 18.5. The van der Waals surface area contributed by atoms with Gasteiger partial charge in [-0.3, -0.25) is 4.79 Å². The summed E-state index contributed by atoms with van der Waals surface area (Å²) in [5.41, 5.74) is 9.06. The highest BCUT2D eigenvalue weighted by molar-refractivity contribution is 9.10. The van der Waals surface area contributed by atoms with Crippen molar-refractivity contribution in [1.82, 2.24) is 30.7 Å². The highest BCUT2D eigenvalue weighted by Gasteiger charge is 2.23. The third kappa shape index (κ3) is 3.95. The Morgan fingerprint density at radius 1 is 1.48 bits per heavy atom. The van der Waals surface area contributed by atoms with E-state index in [0.717, 1.165) is 10.9 Å². The zero-order valence-electron chi connectivity index (χ0n) is 14.1. The summed E-state index contributed by atoms with van der Waals surface area (Å²) in [6.07, 6.45) is 2.55. The number of benzene rings is 1. The standard InChI is InChI=1S/C15H15BrN8O3/c1-2-3-10-12(19-23-24(10)14-13(17)21-27-22-14)15(26)20-18-7-8-6-9(16)4-5-11(8)25/h4-7,25H,2-3H2,1H3,(H2,17,21)(H,20,26). The SMILES string of the molecule is CCCc1c(C(=O)NN=Cc2cc(Br)ccc2O)nnn1-c1nonc1N. The zero-order valence-corrected chi connectivity index (χ0v) is 15.7. The molecule has 0 spiro atoms. The van der Waals surface area contributed by atoms with E-state index in [4.69, 9.17) is 5.73 Å². The molecule has 0 radical (unpaired) electrons. The van der Waals surface area contributed by atoms with Gasteiger partial charge in [-0.1, -0.05) is 34.5 Å². The third-order valence-corrected chi connectivity index (χ3v) is 4.01. The highest BCUT2D eigenvalue weighted by Crippen LogP contribution is 2.20. The number of rotatable bonds is 6. The van der Waals surface area contributed by atoms with E-state index in [2.05, 4.69) is 51.7 Å². The number of hydrogen-bond donors (Lipinski definition) is 3. The van der Waals surface area contributed by atoms with Gasteiger partial charge in [-0.05, 0) is 34.9 Å².